The predicted octanol–water partition coefficient (Wildman–Crippen LogP) is 0.300. The number of aliphatic hydroxyl groups excluding tert-OH is 1. The van der Waals surface area contributed by atoms with Crippen LogP contribution in [0, 0.1) is 0 Å². The van der Waals surface area contributed by atoms with E-state index < -0.39 is 21.5 Å². The molecule has 1 aliphatic heterocycles. The van der Waals surface area contributed by atoms with E-state index in [0.717, 1.165) is 12.8 Å². The van der Waals surface area contributed by atoms with Crippen molar-refractivity contribution in [3.05, 3.63) is 18.0 Å². The molecule has 1 aromatic heterocycles. The van der Waals surface area contributed by atoms with Crippen molar-refractivity contribution in [1.82, 2.24) is 14.6 Å². The summed E-state index contributed by atoms with van der Waals surface area (Å²) in [7, 11) is -3.53. The summed E-state index contributed by atoms with van der Waals surface area (Å²) < 4.78 is 26.1. The Bertz CT molecular complexity index is 615. The minimum atomic E-state index is -3.53. The maximum Gasteiger partial charge on any atom is 0.268 e. The second-order valence-corrected chi connectivity index (χ2v) is 7.79. The zero-order valence-corrected chi connectivity index (χ0v) is 13.0. The summed E-state index contributed by atoms with van der Waals surface area (Å²) in [6.07, 6.45) is 3.05. The van der Waals surface area contributed by atoms with Crippen molar-refractivity contribution in [1.29, 1.82) is 0 Å². The maximum absolute atomic E-state index is 12.3. The monoisotopic (exact) mass is 315 g/mol. The van der Waals surface area contributed by atoms with E-state index >= 15 is 0 Å². The van der Waals surface area contributed by atoms with Gasteiger partial charge in [0.15, 0.2) is 0 Å². The molecule has 0 radical (unpaired) electrons. The summed E-state index contributed by atoms with van der Waals surface area (Å²) in [5, 5.41) is 11.8. The highest BCUT2D eigenvalue weighted by Crippen LogP contribution is 2.21. The van der Waals surface area contributed by atoms with Crippen molar-refractivity contribution < 1.29 is 18.3 Å². The van der Waals surface area contributed by atoms with Gasteiger partial charge in [0.2, 0.25) is 10.0 Å². The van der Waals surface area contributed by atoms with Crippen molar-refractivity contribution in [3.8, 4) is 0 Å². The number of rotatable bonds is 5. The number of aliphatic hydroxyl groups is 1. The fourth-order valence-electron chi connectivity index (χ4n) is 2.15. The van der Waals surface area contributed by atoms with E-state index in [9.17, 15) is 13.2 Å². The lowest BCUT2D eigenvalue weighted by Crippen LogP contribution is -2.46. The summed E-state index contributed by atoms with van der Waals surface area (Å²) in [6.45, 7) is 4.18. The smallest absolute Gasteiger partial charge is 0.268 e. The quantitative estimate of drug-likeness (QED) is 0.727. The van der Waals surface area contributed by atoms with E-state index in [-0.39, 0.29) is 17.2 Å². The average Bonchev–Trinajstić information content (AvgIpc) is 3.10. The number of carbonyl (C=O) groups is 1. The lowest BCUT2D eigenvalue weighted by atomic mass is 10.1. The molecule has 0 unspecified atom stereocenters. The summed E-state index contributed by atoms with van der Waals surface area (Å²) in [6, 6.07) is 1.33. The minimum absolute atomic E-state index is 0.0938. The van der Waals surface area contributed by atoms with Gasteiger partial charge in [-0.2, -0.15) is 4.31 Å². The first-order chi connectivity index (χ1) is 9.76. The number of nitrogens with one attached hydrogen (secondary N) is 2. The van der Waals surface area contributed by atoms with E-state index in [1.165, 1.54) is 16.6 Å². The van der Waals surface area contributed by atoms with Crippen LogP contribution in [0.15, 0.2) is 17.2 Å². The molecule has 21 heavy (non-hydrogen) atoms. The number of hydrogen-bond acceptors (Lipinski definition) is 4. The lowest BCUT2D eigenvalue weighted by molar-refractivity contribution is 0.0865. The molecular formula is C13H21N3O4S. The predicted molar refractivity (Wildman–Crippen MR) is 77.4 cm³/mol. The number of aromatic amines is 1. The maximum atomic E-state index is 12.3. The third kappa shape index (κ3) is 3.45. The Morgan fingerprint density at radius 2 is 2.05 bits per heavy atom. The second kappa shape index (κ2) is 5.78. The van der Waals surface area contributed by atoms with Gasteiger partial charge in [0.05, 0.1) is 12.1 Å². The van der Waals surface area contributed by atoms with E-state index in [4.69, 9.17) is 5.11 Å². The highest BCUT2D eigenvalue weighted by atomic mass is 32.2. The van der Waals surface area contributed by atoms with Crippen LogP contribution in [0.5, 0.6) is 0 Å². The normalized spacial score (nSPS) is 17.1. The number of H-pyrrole nitrogens is 1. The molecule has 7 nitrogen and oxygen atoms in total. The van der Waals surface area contributed by atoms with Gasteiger partial charge in [-0.15, -0.1) is 0 Å². The molecule has 0 spiro atoms. The topological polar surface area (TPSA) is 102 Å². The standard InChI is InChI=1S/C13H21N3O4S/c1-13(2,9-17)15-12(18)11-7-10(8-14-11)21(19,20)16-5-3-4-6-16/h7-8,14,17H,3-6,9H2,1-2H3,(H,15,18). The Morgan fingerprint density at radius 3 is 2.62 bits per heavy atom. The largest absolute Gasteiger partial charge is 0.394 e. The Hall–Kier alpha value is -1.38. The van der Waals surface area contributed by atoms with Gasteiger partial charge in [-0.3, -0.25) is 4.79 Å². The molecule has 1 amide bonds. The summed E-state index contributed by atoms with van der Waals surface area (Å²) in [4.78, 5) is 14.8. The van der Waals surface area contributed by atoms with Gasteiger partial charge in [0, 0.05) is 19.3 Å². The fourth-order valence-corrected chi connectivity index (χ4v) is 3.66. The summed E-state index contributed by atoms with van der Waals surface area (Å²) in [5.41, 5.74) is -0.606. The second-order valence-electron chi connectivity index (χ2n) is 5.86. The Morgan fingerprint density at radius 1 is 1.43 bits per heavy atom. The van der Waals surface area contributed by atoms with Crippen LogP contribution in [0.4, 0.5) is 0 Å². The van der Waals surface area contributed by atoms with Gasteiger partial charge < -0.3 is 15.4 Å². The van der Waals surface area contributed by atoms with Gasteiger partial charge in [-0.25, -0.2) is 8.42 Å². The summed E-state index contributed by atoms with van der Waals surface area (Å²) in [5.74, 6) is -0.447. The molecule has 118 valence electrons. The third-order valence-electron chi connectivity index (χ3n) is 3.45. The SMILES string of the molecule is CC(C)(CO)NC(=O)c1cc(S(=O)(=O)N2CCCC2)c[nH]1. The number of hydrogen-bond donors (Lipinski definition) is 3. The summed E-state index contributed by atoms with van der Waals surface area (Å²) >= 11 is 0. The Kier molecular flexibility index (Phi) is 4.40. The van der Waals surface area contributed by atoms with E-state index in [0.29, 0.717) is 13.1 Å². The van der Waals surface area contributed by atoms with E-state index in [1.54, 1.807) is 13.8 Å². The van der Waals surface area contributed by atoms with E-state index in [1.807, 2.05) is 0 Å². The van der Waals surface area contributed by atoms with Crippen LogP contribution in [0.3, 0.4) is 0 Å². The van der Waals surface area contributed by atoms with Gasteiger partial charge in [-0.05, 0) is 32.8 Å². The molecule has 0 saturated carbocycles. The van der Waals surface area contributed by atoms with Crippen LogP contribution in [-0.4, -0.2) is 54.0 Å². The van der Waals surface area contributed by atoms with Crippen LogP contribution in [0.25, 0.3) is 0 Å². The van der Waals surface area contributed by atoms with Crippen molar-refractivity contribution >= 4 is 15.9 Å². The average molecular weight is 315 g/mol. The van der Waals surface area contributed by atoms with Crippen LogP contribution in [-0.2, 0) is 10.0 Å². The van der Waals surface area contributed by atoms with Gasteiger partial charge >= 0.3 is 0 Å². The molecule has 1 saturated heterocycles. The van der Waals surface area contributed by atoms with Gasteiger partial charge in [0.1, 0.15) is 10.6 Å². The highest BCUT2D eigenvalue weighted by molar-refractivity contribution is 7.89. The molecule has 0 aromatic carbocycles. The molecule has 2 heterocycles. The molecular weight excluding hydrogens is 294 g/mol. The van der Waals surface area contributed by atoms with Crippen molar-refractivity contribution in [3.63, 3.8) is 0 Å². The molecule has 2 rings (SSSR count). The highest BCUT2D eigenvalue weighted by Gasteiger charge is 2.29. The van der Waals surface area contributed by atoms with Crippen molar-refractivity contribution in [2.45, 2.75) is 37.1 Å². The van der Waals surface area contributed by atoms with Crippen LogP contribution < -0.4 is 5.32 Å². The first-order valence-corrected chi connectivity index (χ1v) is 8.32. The zero-order chi connectivity index (χ0) is 15.7. The minimum Gasteiger partial charge on any atom is -0.394 e. The number of nitrogens with zero attached hydrogens (tertiary/aromatic N) is 1. The van der Waals surface area contributed by atoms with E-state index in [2.05, 4.69) is 10.3 Å². The fraction of sp³-hybridized carbons (Fsp3) is 0.615. The van der Waals surface area contributed by atoms with Gasteiger partial charge in [-0.1, -0.05) is 0 Å². The van der Waals surface area contributed by atoms with Crippen LogP contribution in [0.2, 0.25) is 0 Å². The molecule has 0 atom stereocenters. The van der Waals surface area contributed by atoms with Gasteiger partial charge in [0.25, 0.3) is 5.91 Å². The number of carbonyl (C=O) groups excluding carboxylic acids is 1. The molecule has 0 bridgehead atoms. The molecule has 1 aromatic rings. The third-order valence-corrected chi connectivity index (χ3v) is 5.33. The first-order valence-electron chi connectivity index (χ1n) is 6.88. The molecule has 8 heteroatoms. The first kappa shape index (κ1) is 16.0. The number of aromatic nitrogens is 1. The molecule has 1 fully saturated rings. The molecule has 3 N–H and O–H groups in total. The van der Waals surface area contributed by atoms with Crippen molar-refractivity contribution in [2.24, 2.45) is 0 Å². The lowest BCUT2D eigenvalue weighted by Gasteiger charge is -2.22. The number of amides is 1. The van der Waals surface area contributed by atoms with Crippen LogP contribution >= 0.6 is 0 Å². The zero-order valence-electron chi connectivity index (χ0n) is 12.2. The van der Waals surface area contributed by atoms with Crippen molar-refractivity contribution in [2.75, 3.05) is 19.7 Å². The number of sulfonamides is 1. The Labute approximate surface area is 124 Å². The molecule has 0 aliphatic carbocycles. The Balaban J connectivity index is 2.16. The van der Waals surface area contributed by atoms with Crippen LogP contribution in [0.1, 0.15) is 37.2 Å². The molecule has 1 aliphatic rings.